The Morgan fingerprint density at radius 3 is 2.41 bits per heavy atom. The van der Waals surface area contributed by atoms with Crippen molar-refractivity contribution in [1.29, 1.82) is 0 Å². The molecule has 3 aromatic rings. The van der Waals surface area contributed by atoms with Crippen molar-refractivity contribution in [3.63, 3.8) is 0 Å². The molecule has 0 aliphatic heterocycles. The van der Waals surface area contributed by atoms with Crippen LogP contribution in [0.25, 0.3) is 0 Å². The van der Waals surface area contributed by atoms with E-state index in [0.29, 0.717) is 11.8 Å². The zero-order valence-corrected chi connectivity index (χ0v) is 17.4. The van der Waals surface area contributed by atoms with Crippen LogP contribution >= 0.6 is 11.8 Å². The van der Waals surface area contributed by atoms with Crippen LogP contribution in [0, 0.1) is 20.8 Å². The molecule has 0 spiro atoms. The van der Waals surface area contributed by atoms with Crippen LogP contribution in [0.15, 0.2) is 53.7 Å². The number of rotatable bonds is 6. The predicted octanol–water partition coefficient (Wildman–Crippen LogP) is 6.61. The number of hydrogen-bond acceptors (Lipinski definition) is 4. The van der Waals surface area contributed by atoms with Crippen LogP contribution in [0.5, 0.6) is 11.6 Å². The minimum Gasteiger partial charge on any atom is -0.439 e. The van der Waals surface area contributed by atoms with Gasteiger partial charge in [-0.3, -0.25) is 0 Å². The fourth-order valence-electron chi connectivity index (χ4n) is 2.81. The minimum absolute atomic E-state index is 0.313. The van der Waals surface area contributed by atoms with Crippen LogP contribution in [-0.2, 0) is 5.75 Å². The summed E-state index contributed by atoms with van der Waals surface area (Å²) in [7, 11) is 0. The summed E-state index contributed by atoms with van der Waals surface area (Å²) in [5, 5.41) is 0.752. The molecule has 0 saturated heterocycles. The number of benzene rings is 2. The molecule has 0 saturated carbocycles. The second-order valence-electron chi connectivity index (χ2n) is 7.22. The van der Waals surface area contributed by atoms with Crippen molar-refractivity contribution in [3.05, 3.63) is 76.5 Å². The van der Waals surface area contributed by atoms with Crippen LogP contribution in [-0.4, -0.2) is 9.97 Å². The Balaban J connectivity index is 1.83. The van der Waals surface area contributed by atoms with E-state index in [1.807, 2.05) is 12.1 Å². The van der Waals surface area contributed by atoms with Gasteiger partial charge in [0.1, 0.15) is 5.75 Å². The maximum Gasteiger partial charge on any atom is 0.223 e. The second-order valence-corrected chi connectivity index (χ2v) is 8.16. The van der Waals surface area contributed by atoms with Gasteiger partial charge in [0.05, 0.1) is 5.69 Å². The molecule has 0 unspecified atom stereocenters. The van der Waals surface area contributed by atoms with Gasteiger partial charge in [-0.15, -0.1) is 0 Å². The maximum absolute atomic E-state index is 6.10. The molecule has 3 rings (SSSR count). The largest absolute Gasteiger partial charge is 0.439 e. The van der Waals surface area contributed by atoms with Gasteiger partial charge in [0.2, 0.25) is 5.88 Å². The first kappa shape index (κ1) is 19.4. The van der Waals surface area contributed by atoms with E-state index in [4.69, 9.17) is 9.72 Å². The molecule has 1 heterocycles. The van der Waals surface area contributed by atoms with Gasteiger partial charge in [0, 0.05) is 11.8 Å². The molecular weight excluding hydrogens is 352 g/mol. The Labute approximate surface area is 166 Å². The molecule has 140 valence electrons. The summed E-state index contributed by atoms with van der Waals surface area (Å²) >= 11 is 1.64. The standard InChI is InChI=1S/C23H26N2OS/c1-15(2)20-13-22(26-21-10-9-17(4)11-18(21)5)25-23(24-20)27-14-19-8-6-7-16(3)12-19/h6-13,15H,14H2,1-5H3. The van der Waals surface area contributed by atoms with Gasteiger partial charge in [0.25, 0.3) is 0 Å². The Morgan fingerprint density at radius 1 is 0.926 bits per heavy atom. The molecule has 0 fully saturated rings. The molecule has 0 bridgehead atoms. The molecule has 4 heteroatoms. The summed E-state index contributed by atoms with van der Waals surface area (Å²) < 4.78 is 6.10. The van der Waals surface area contributed by atoms with E-state index < -0.39 is 0 Å². The number of nitrogens with zero attached hydrogens (tertiary/aromatic N) is 2. The third kappa shape index (κ3) is 5.33. The van der Waals surface area contributed by atoms with E-state index in [1.165, 1.54) is 16.7 Å². The number of aromatic nitrogens is 2. The average Bonchev–Trinajstić information content (AvgIpc) is 2.62. The maximum atomic E-state index is 6.10. The molecule has 0 amide bonds. The molecule has 0 N–H and O–H groups in total. The van der Waals surface area contributed by atoms with Crippen molar-refractivity contribution >= 4 is 11.8 Å². The first-order valence-corrected chi connectivity index (χ1v) is 10.2. The van der Waals surface area contributed by atoms with Gasteiger partial charge in [-0.25, -0.2) is 4.98 Å². The normalized spacial score (nSPS) is 11.0. The van der Waals surface area contributed by atoms with Gasteiger partial charge in [-0.05, 0) is 43.9 Å². The highest BCUT2D eigenvalue weighted by Gasteiger charge is 2.11. The highest BCUT2D eigenvalue weighted by Crippen LogP contribution is 2.29. The second kappa shape index (κ2) is 8.57. The quantitative estimate of drug-likeness (QED) is 0.357. The fraction of sp³-hybridized carbons (Fsp3) is 0.304. The molecular formula is C23H26N2OS. The van der Waals surface area contributed by atoms with Crippen LogP contribution in [0.3, 0.4) is 0 Å². The molecule has 0 aliphatic rings. The predicted molar refractivity (Wildman–Crippen MR) is 113 cm³/mol. The van der Waals surface area contributed by atoms with Gasteiger partial charge < -0.3 is 4.74 Å². The lowest BCUT2D eigenvalue weighted by Gasteiger charge is -2.12. The third-order valence-corrected chi connectivity index (χ3v) is 5.21. The highest BCUT2D eigenvalue weighted by atomic mass is 32.2. The summed E-state index contributed by atoms with van der Waals surface area (Å²) in [6.07, 6.45) is 0. The summed E-state index contributed by atoms with van der Waals surface area (Å²) in [4.78, 5) is 9.36. The Morgan fingerprint density at radius 2 is 1.70 bits per heavy atom. The monoisotopic (exact) mass is 378 g/mol. The molecule has 0 aliphatic carbocycles. The van der Waals surface area contributed by atoms with Crippen molar-refractivity contribution in [2.45, 2.75) is 51.4 Å². The lowest BCUT2D eigenvalue weighted by molar-refractivity contribution is 0.449. The summed E-state index contributed by atoms with van der Waals surface area (Å²) in [5.74, 6) is 2.59. The van der Waals surface area contributed by atoms with Gasteiger partial charge in [0.15, 0.2) is 5.16 Å². The van der Waals surface area contributed by atoms with E-state index in [0.717, 1.165) is 27.9 Å². The van der Waals surface area contributed by atoms with Gasteiger partial charge in [-0.2, -0.15) is 4.98 Å². The molecule has 2 aromatic carbocycles. The Bertz CT molecular complexity index is 937. The first-order valence-electron chi connectivity index (χ1n) is 9.23. The SMILES string of the molecule is Cc1cccc(CSc2nc(Oc3ccc(C)cc3C)cc(C(C)C)n2)c1. The highest BCUT2D eigenvalue weighted by molar-refractivity contribution is 7.98. The number of hydrogen-bond donors (Lipinski definition) is 0. The van der Waals surface area contributed by atoms with E-state index in [2.05, 4.69) is 76.0 Å². The van der Waals surface area contributed by atoms with Crippen LogP contribution in [0.4, 0.5) is 0 Å². The topological polar surface area (TPSA) is 35.0 Å². The zero-order valence-electron chi connectivity index (χ0n) is 16.6. The fourth-order valence-corrected chi connectivity index (χ4v) is 3.61. The third-order valence-electron chi connectivity index (χ3n) is 4.29. The van der Waals surface area contributed by atoms with Crippen molar-refractivity contribution in [2.24, 2.45) is 0 Å². The Hall–Kier alpha value is -2.33. The van der Waals surface area contributed by atoms with Gasteiger partial charge in [-0.1, -0.05) is 73.1 Å². The van der Waals surface area contributed by atoms with Crippen LogP contribution in [0.1, 0.15) is 47.7 Å². The van der Waals surface area contributed by atoms with Crippen molar-refractivity contribution in [2.75, 3.05) is 0 Å². The number of ether oxygens (including phenoxy) is 1. The summed E-state index contributed by atoms with van der Waals surface area (Å²) in [6.45, 7) is 10.5. The lowest BCUT2D eigenvalue weighted by Crippen LogP contribution is -2.00. The molecule has 0 atom stereocenters. The lowest BCUT2D eigenvalue weighted by atomic mass is 10.1. The average molecular weight is 379 g/mol. The molecule has 0 radical (unpaired) electrons. The van der Waals surface area contributed by atoms with Gasteiger partial charge >= 0.3 is 0 Å². The summed E-state index contributed by atoms with van der Waals surface area (Å²) in [5.41, 5.74) is 5.87. The van der Waals surface area contributed by atoms with E-state index in [9.17, 15) is 0 Å². The van der Waals surface area contributed by atoms with E-state index in [-0.39, 0.29) is 0 Å². The van der Waals surface area contributed by atoms with E-state index in [1.54, 1.807) is 11.8 Å². The number of aryl methyl sites for hydroxylation is 3. The van der Waals surface area contributed by atoms with Crippen molar-refractivity contribution in [1.82, 2.24) is 9.97 Å². The molecule has 1 aromatic heterocycles. The summed E-state index contributed by atoms with van der Waals surface area (Å²) in [6, 6.07) is 16.7. The van der Waals surface area contributed by atoms with Crippen LogP contribution in [0.2, 0.25) is 0 Å². The molecule has 3 nitrogen and oxygen atoms in total. The first-order chi connectivity index (χ1) is 12.9. The van der Waals surface area contributed by atoms with Crippen molar-refractivity contribution in [3.8, 4) is 11.6 Å². The van der Waals surface area contributed by atoms with E-state index >= 15 is 0 Å². The zero-order chi connectivity index (χ0) is 19.4. The van der Waals surface area contributed by atoms with Crippen molar-refractivity contribution < 1.29 is 4.74 Å². The minimum atomic E-state index is 0.313. The van der Waals surface area contributed by atoms with Crippen LogP contribution < -0.4 is 4.74 Å². The number of thioether (sulfide) groups is 1. The Kier molecular flexibility index (Phi) is 6.17. The smallest absolute Gasteiger partial charge is 0.223 e. The molecule has 27 heavy (non-hydrogen) atoms.